The van der Waals surface area contributed by atoms with Gasteiger partial charge in [-0.05, 0) is 19.1 Å². The molecule has 1 amide bonds. The van der Waals surface area contributed by atoms with Gasteiger partial charge in [0.2, 0.25) is 6.39 Å². The van der Waals surface area contributed by atoms with Gasteiger partial charge in [0, 0.05) is 26.0 Å². The van der Waals surface area contributed by atoms with Gasteiger partial charge in [-0.1, -0.05) is 5.16 Å². The predicted octanol–water partition coefficient (Wildman–Crippen LogP) is 1.02. The van der Waals surface area contributed by atoms with Crippen molar-refractivity contribution in [2.45, 2.75) is 13.0 Å². The molecule has 0 bridgehead atoms. The van der Waals surface area contributed by atoms with E-state index in [0.717, 1.165) is 5.69 Å². The van der Waals surface area contributed by atoms with Crippen LogP contribution < -0.4 is 10.2 Å². The summed E-state index contributed by atoms with van der Waals surface area (Å²) in [5.41, 5.74) is 1.26. The van der Waals surface area contributed by atoms with Crippen LogP contribution in [-0.4, -0.2) is 35.1 Å². The summed E-state index contributed by atoms with van der Waals surface area (Å²) < 4.78 is 4.64. The number of nitrogens with one attached hydrogen (secondary N) is 1. The third-order valence-electron chi connectivity index (χ3n) is 2.61. The van der Waals surface area contributed by atoms with Crippen molar-refractivity contribution in [1.29, 1.82) is 0 Å². The van der Waals surface area contributed by atoms with Gasteiger partial charge in [-0.15, -0.1) is 0 Å². The molecule has 0 saturated heterocycles. The van der Waals surface area contributed by atoms with E-state index < -0.39 is 0 Å². The fourth-order valence-electron chi connectivity index (χ4n) is 1.53. The lowest BCUT2D eigenvalue weighted by Gasteiger charge is -2.14. The molecule has 1 N–H and O–H groups in total. The monoisotopic (exact) mass is 261 g/mol. The zero-order valence-electron chi connectivity index (χ0n) is 11.0. The van der Waals surface area contributed by atoms with Gasteiger partial charge in [0.15, 0.2) is 5.82 Å². The highest BCUT2D eigenvalue weighted by Gasteiger charge is 2.16. The lowest BCUT2D eigenvalue weighted by atomic mass is 10.2. The van der Waals surface area contributed by atoms with Crippen molar-refractivity contribution in [2.75, 3.05) is 19.0 Å². The molecule has 0 aromatic carbocycles. The van der Waals surface area contributed by atoms with E-state index in [-0.39, 0.29) is 11.9 Å². The summed E-state index contributed by atoms with van der Waals surface area (Å²) in [4.78, 5) is 21.9. The number of hydrogen-bond acceptors (Lipinski definition) is 6. The van der Waals surface area contributed by atoms with Crippen LogP contribution in [0.25, 0.3) is 0 Å². The molecule has 7 nitrogen and oxygen atoms in total. The summed E-state index contributed by atoms with van der Waals surface area (Å²) in [5.74, 6) is 0.151. The average Bonchev–Trinajstić information content (AvgIpc) is 2.92. The summed E-state index contributed by atoms with van der Waals surface area (Å²) in [7, 11) is 3.80. The maximum Gasteiger partial charge on any atom is 0.270 e. The molecule has 1 atom stereocenters. The smallest absolute Gasteiger partial charge is 0.270 e. The maximum absolute atomic E-state index is 12.0. The Kier molecular flexibility index (Phi) is 3.74. The Hall–Kier alpha value is -2.44. The molecule has 0 unspecified atom stereocenters. The Morgan fingerprint density at radius 1 is 1.42 bits per heavy atom. The average molecular weight is 261 g/mol. The topological polar surface area (TPSA) is 84.2 Å². The molecule has 0 spiro atoms. The van der Waals surface area contributed by atoms with E-state index in [1.807, 2.05) is 25.1 Å². The van der Waals surface area contributed by atoms with Gasteiger partial charge in [0.1, 0.15) is 5.69 Å². The number of pyridine rings is 1. The molecule has 2 aromatic heterocycles. The first-order chi connectivity index (χ1) is 9.08. The molecule has 2 heterocycles. The number of carbonyl (C=O) groups excluding carboxylic acids is 1. The van der Waals surface area contributed by atoms with Crippen molar-refractivity contribution in [3.05, 3.63) is 36.2 Å². The van der Waals surface area contributed by atoms with Gasteiger partial charge in [0.05, 0.1) is 6.04 Å². The zero-order chi connectivity index (χ0) is 13.8. The minimum absolute atomic E-state index is 0.277. The number of carbonyl (C=O) groups is 1. The van der Waals surface area contributed by atoms with Gasteiger partial charge in [-0.2, -0.15) is 4.98 Å². The molecular weight excluding hydrogens is 246 g/mol. The fraction of sp³-hybridized carbons (Fsp3) is 0.333. The first kappa shape index (κ1) is 13.0. The molecule has 7 heteroatoms. The van der Waals surface area contributed by atoms with E-state index in [0.29, 0.717) is 11.5 Å². The lowest BCUT2D eigenvalue weighted by molar-refractivity contribution is 0.0933. The Labute approximate surface area is 110 Å². The molecular formula is C12H15N5O2. The van der Waals surface area contributed by atoms with E-state index in [1.54, 1.807) is 19.2 Å². The minimum Gasteiger partial charge on any atom is -0.378 e. The van der Waals surface area contributed by atoms with Crippen LogP contribution in [0, 0.1) is 0 Å². The largest absolute Gasteiger partial charge is 0.378 e. The third-order valence-corrected chi connectivity index (χ3v) is 2.61. The van der Waals surface area contributed by atoms with Crippen LogP contribution in [0.3, 0.4) is 0 Å². The minimum atomic E-state index is -0.337. The van der Waals surface area contributed by atoms with Gasteiger partial charge < -0.3 is 14.7 Å². The van der Waals surface area contributed by atoms with E-state index in [4.69, 9.17) is 0 Å². The molecule has 2 rings (SSSR count). The van der Waals surface area contributed by atoms with Crippen LogP contribution in [0.1, 0.15) is 29.3 Å². The highest BCUT2D eigenvalue weighted by molar-refractivity contribution is 5.93. The first-order valence-corrected chi connectivity index (χ1v) is 5.78. The highest BCUT2D eigenvalue weighted by Crippen LogP contribution is 2.12. The van der Waals surface area contributed by atoms with Gasteiger partial charge in [-0.3, -0.25) is 9.78 Å². The first-order valence-electron chi connectivity index (χ1n) is 5.78. The third kappa shape index (κ3) is 3.06. The summed E-state index contributed by atoms with van der Waals surface area (Å²) in [6.07, 6.45) is 2.83. The molecule has 0 radical (unpaired) electrons. The van der Waals surface area contributed by atoms with Crippen LogP contribution in [-0.2, 0) is 0 Å². The second kappa shape index (κ2) is 5.47. The Balaban J connectivity index is 2.10. The van der Waals surface area contributed by atoms with Crippen LogP contribution in [0.2, 0.25) is 0 Å². The lowest BCUT2D eigenvalue weighted by Crippen LogP contribution is -2.28. The van der Waals surface area contributed by atoms with Crippen LogP contribution in [0.5, 0.6) is 0 Å². The second-order valence-electron chi connectivity index (χ2n) is 4.28. The molecule has 0 aliphatic carbocycles. The zero-order valence-corrected chi connectivity index (χ0v) is 11.0. The quantitative estimate of drug-likeness (QED) is 0.884. The molecule has 0 saturated carbocycles. The van der Waals surface area contributed by atoms with E-state index in [2.05, 4.69) is 25.0 Å². The Morgan fingerprint density at radius 3 is 2.84 bits per heavy atom. The molecule has 2 aromatic rings. The predicted molar refractivity (Wildman–Crippen MR) is 68.7 cm³/mol. The molecule has 0 aliphatic heterocycles. The number of rotatable bonds is 4. The van der Waals surface area contributed by atoms with Crippen molar-refractivity contribution >= 4 is 11.6 Å². The van der Waals surface area contributed by atoms with Gasteiger partial charge >= 0.3 is 0 Å². The van der Waals surface area contributed by atoms with E-state index >= 15 is 0 Å². The van der Waals surface area contributed by atoms with E-state index in [9.17, 15) is 4.79 Å². The Morgan fingerprint density at radius 2 is 2.21 bits per heavy atom. The van der Waals surface area contributed by atoms with Gasteiger partial charge in [-0.25, -0.2) is 0 Å². The number of hydrogen-bond donors (Lipinski definition) is 1. The molecule has 19 heavy (non-hydrogen) atoms. The van der Waals surface area contributed by atoms with Crippen LogP contribution in [0.15, 0.2) is 29.2 Å². The van der Waals surface area contributed by atoms with Crippen LogP contribution in [0.4, 0.5) is 5.69 Å². The molecule has 0 fully saturated rings. The maximum atomic E-state index is 12.0. The molecule has 0 aliphatic rings. The van der Waals surface area contributed by atoms with Crippen LogP contribution >= 0.6 is 0 Å². The van der Waals surface area contributed by atoms with Gasteiger partial charge in [0.25, 0.3) is 5.91 Å². The Bertz CT molecular complexity index is 553. The number of nitrogens with zero attached hydrogens (tertiary/aromatic N) is 4. The van der Waals surface area contributed by atoms with Crippen molar-refractivity contribution in [3.63, 3.8) is 0 Å². The SMILES string of the molecule is C[C@@H](NC(=O)c1cc(N(C)C)ccn1)c1ncon1. The summed E-state index contributed by atoms with van der Waals surface area (Å²) in [5, 5.41) is 6.44. The number of anilines is 1. The van der Waals surface area contributed by atoms with Crippen molar-refractivity contribution in [3.8, 4) is 0 Å². The van der Waals surface area contributed by atoms with Crippen molar-refractivity contribution < 1.29 is 9.32 Å². The summed E-state index contributed by atoms with van der Waals surface area (Å²) >= 11 is 0. The summed E-state index contributed by atoms with van der Waals surface area (Å²) in [6.45, 7) is 1.78. The fourth-order valence-corrected chi connectivity index (χ4v) is 1.53. The standard InChI is InChI=1S/C12H15N5O2/c1-8(11-14-7-19-16-11)15-12(18)10-6-9(17(2)3)4-5-13-10/h4-8H,1-3H3,(H,15,18)/t8-/m1/s1. The summed E-state index contributed by atoms with van der Waals surface area (Å²) in [6, 6.07) is 3.22. The molecule has 100 valence electrons. The second-order valence-corrected chi connectivity index (χ2v) is 4.28. The van der Waals surface area contributed by atoms with Crippen molar-refractivity contribution in [2.24, 2.45) is 0 Å². The van der Waals surface area contributed by atoms with E-state index in [1.165, 1.54) is 6.39 Å². The van der Waals surface area contributed by atoms with Crippen molar-refractivity contribution in [1.82, 2.24) is 20.4 Å². The number of amides is 1. The highest BCUT2D eigenvalue weighted by atomic mass is 16.5. The number of aromatic nitrogens is 3. The normalized spacial score (nSPS) is 11.9.